The third kappa shape index (κ3) is 6.03. The molecule has 0 bridgehead atoms. The molecule has 2 amide bonds. The van der Waals surface area contributed by atoms with Gasteiger partial charge in [-0.25, -0.2) is 4.39 Å². The van der Waals surface area contributed by atoms with E-state index in [1.165, 1.54) is 12.1 Å². The van der Waals surface area contributed by atoms with Gasteiger partial charge in [0.05, 0.1) is 6.54 Å². The minimum Gasteiger partial charge on any atom is -0.356 e. The van der Waals surface area contributed by atoms with Gasteiger partial charge in [-0.05, 0) is 62.9 Å². The molecule has 6 heteroatoms. The van der Waals surface area contributed by atoms with Crippen LogP contribution in [-0.4, -0.2) is 49.4 Å². The van der Waals surface area contributed by atoms with Gasteiger partial charge in [-0.2, -0.15) is 0 Å². The highest BCUT2D eigenvalue weighted by Gasteiger charge is 2.36. The molecule has 0 atom stereocenters. The molecule has 0 aromatic heterocycles. The molecule has 2 aliphatic rings. The molecular formula is C24H36FN3O2. The van der Waals surface area contributed by atoms with E-state index < -0.39 is 0 Å². The van der Waals surface area contributed by atoms with Gasteiger partial charge in [0.2, 0.25) is 11.8 Å². The maximum absolute atomic E-state index is 13.3. The molecule has 0 radical (unpaired) electrons. The van der Waals surface area contributed by atoms with Crippen molar-refractivity contribution < 1.29 is 14.0 Å². The molecule has 1 aliphatic carbocycles. The standard InChI is InChI=1S/C24H36FN3O2/c1-2-3-14-26-23(30)19-10-15-28(16-11-19)17-22(29)27-18-24(12-4-5-13-24)20-6-8-21(25)9-7-20/h6-9,19H,2-5,10-18H2,1H3,(H,26,30)(H,27,29). The predicted octanol–water partition coefficient (Wildman–Crippen LogP) is 3.38. The van der Waals surface area contributed by atoms with Gasteiger partial charge < -0.3 is 10.6 Å². The number of piperidine rings is 1. The number of amides is 2. The summed E-state index contributed by atoms with van der Waals surface area (Å²) in [5.41, 5.74) is 1.05. The van der Waals surface area contributed by atoms with E-state index >= 15 is 0 Å². The van der Waals surface area contributed by atoms with Gasteiger partial charge in [0.15, 0.2) is 0 Å². The van der Waals surface area contributed by atoms with Crippen LogP contribution in [0.4, 0.5) is 4.39 Å². The van der Waals surface area contributed by atoms with Crippen molar-refractivity contribution in [1.82, 2.24) is 15.5 Å². The van der Waals surface area contributed by atoms with Crippen molar-refractivity contribution in [3.8, 4) is 0 Å². The summed E-state index contributed by atoms with van der Waals surface area (Å²) in [6.45, 7) is 5.42. The average Bonchev–Trinajstić information content (AvgIpc) is 3.23. The lowest BCUT2D eigenvalue weighted by molar-refractivity contribution is -0.126. The average molecular weight is 418 g/mol. The van der Waals surface area contributed by atoms with Crippen LogP contribution in [0.1, 0.15) is 63.9 Å². The molecule has 2 fully saturated rings. The Bertz CT molecular complexity index is 693. The molecule has 1 saturated carbocycles. The van der Waals surface area contributed by atoms with Crippen LogP contribution in [0.25, 0.3) is 0 Å². The van der Waals surface area contributed by atoms with Crippen LogP contribution in [0.2, 0.25) is 0 Å². The van der Waals surface area contributed by atoms with Crippen LogP contribution in [0, 0.1) is 11.7 Å². The zero-order valence-corrected chi connectivity index (χ0v) is 18.2. The highest BCUT2D eigenvalue weighted by atomic mass is 19.1. The van der Waals surface area contributed by atoms with E-state index in [0.717, 1.165) is 76.6 Å². The van der Waals surface area contributed by atoms with E-state index in [-0.39, 0.29) is 29.0 Å². The SMILES string of the molecule is CCCCNC(=O)C1CCN(CC(=O)NCC2(c3ccc(F)cc3)CCCC2)CC1. The first-order chi connectivity index (χ1) is 14.5. The number of nitrogens with one attached hydrogen (secondary N) is 2. The summed E-state index contributed by atoms with van der Waals surface area (Å²) in [7, 11) is 0. The summed E-state index contributed by atoms with van der Waals surface area (Å²) in [5.74, 6) is 0.0454. The maximum Gasteiger partial charge on any atom is 0.234 e. The van der Waals surface area contributed by atoms with Crippen molar-refractivity contribution in [2.75, 3.05) is 32.7 Å². The van der Waals surface area contributed by atoms with E-state index in [4.69, 9.17) is 0 Å². The van der Waals surface area contributed by atoms with E-state index in [2.05, 4.69) is 22.5 Å². The monoisotopic (exact) mass is 417 g/mol. The maximum atomic E-state index is 13.3. The first-order valence-corrected chi connectivity index (χ1v) is 11.6. The number of benzene rings is 1. The summed E-state index contributed by atoms with van der Waals surface area (Å²) in [5, 5.41) is 6.16. The number of likely N-dealkylation sites (tertiary alicyclic amines) is 1. The number of rotatable bonds is 9. The molecule has 1 aliphatic heterocycles. The normalized spacial score (nSPS) is 19.5. The molecular weight excluding hydrogens is 381 g/mol. The fraction of sp³-hybridized carbons (Fsp3) is 0.667. The molecule has 5 nitrogen and oxygen atoms in total. The van der Waals surface area contributed by atoms with Gasteiger partial charge in [-0.15, -0.1) is 0 Å². The predicted molar refractivity (Wildman–Crippen MR) is 117 cm³/mol. The molecule has 30 heavy (non-hydrogen) atoms. The van der Waals surface area contributed by atoms with Crippen LogP contribution < -0.4 is 10.6 Å². The smallest absolute Gasteiger partial charge is 0.234 e. The van der Waals surface area contributed by atoms with Gasteiger partial charge >= 0.3 is 0 Å². The summed E-state index contributed by atoms with van der Waals surface area (Å²) in [6, 6.07) is 6.76. The largest absolute Gasteiger partial charge is 0.356 e. The lowest BCUT2D eigenvalue weighted by Crippen LogP contribution is -2.46. The Balaban J connectivity index is 1.43. The fourth-order valence-electron chi connectivity index (χ4n) is 4.84. The van der Waals surface area contributed by atoms with Crippen molar-refractivity contribution in [1.29, 1.82) is 0 Å². The lowest BCUT2D eigenvalue weighted by Gasteiger charge is -2.32. The fourth-order valence-corrected chi connectivity index (χ4v) is 4.84. The van der Waals surface area contributed by atoms with Crippen LogP contribution in [0.5, 0.6) is 0 Å². The summed E-state index contributed by atoms with van der Waals surface area (Å²) < 4.78 is 13.3. The zero-order valence-electron chi connectivity index (χ0n) is 18.2. The minimum atomic E-state index is -0.224. The van der Waals surface area contributed by atoms with E-state index in [9.17, 15) is 14.0 Å². The first-order valence-electron chi connectivity index (χ1n) is 11.6. The molecule has 166 valence electrons. The lowest BCUT2D eigenvalue weighted by atomic mass is 9.79. The third-order valence-corrected chi connectivity index (χ3v) is 6.80. The number of hydrogen-bond acceptors (Lipinski definition) is 3. The quantitative estimate of drug-likeness (QED) is 0.606. The van der Waals surface area contributed by atoms with Gasteiger partial charge in [0.25, 0.3) is 0 Å². The number of carbonyl (C=O) groups is 2. The van der Waals surface area contributed by atoms with Crippen molar-refractivity contribution in [3.63, 3.8) is 0 Å². The number of carbonyl (C=O) groups excluding carboxylic acids is 2. The summed E-state index contributed by atoms with van der Waals surface area (Å²) >= 11 is 0. The van der Waals surface area contributed by atoms with Crippen LogP contribution in [0.15, 0.2) is 24.3 Å². The topological polar surface area (TPSA) is 61.4 Å². The molecule has 1 aromatic rings. The second-order valence-electron chi connectivity index (χ2n) is 8.97. The Kier molecular flexibility index (Phi) is 8.25. The highest BCUT2D eigenvalue weighted by Crippen LogP contribution is 2.40. The Hall–Kier alpha value is -1.95. The first kappa shape index (κ1) is 22.7. The molecule has 0 unspecified atom stereocenters. The van der Waals surface area contributed by atoms with Crippen LogP contribution in [-0.2, 0) is 15.0 Å². The second-order valence-corrected chi connectivity index (χ2v) is 8.97. The molecule has 1 saturated heterocycles. The molecule has 1 aromatic carbocycles. The Morgan fingerprint density at radius 1 is 1.10 bits per heavy atom. The van der Waals surface area contributed by atoms with Gasteiger partial charge in [-0.3, -0.25) is 14.5 Å². The molecule has 2 N–H and O–H groups in total. The van der Waals surface area contributed by atoms with E-state index in [0.29, 0.717) is 13.1 Å². The third-order valence-electron chi connectivity index (χ3n) is 6.80. The van der Waals surface area contributed by atoms with Crippen molar-refractivity contribution in [3.05, 3.63) is 35.6 Å². The van der Waals surface area contributed by atoms with Gasteiger partial charge in [0.1, 0.15) is 5.82 Å². The van der Waals surface area contributed by atoms with Crippen LogP contribution >= 0.6 is 0 Å². The molecule has 0 spiro atoms. The Morgan fingerprint density at radius 2 is 1.77 bits per heavy atom. The summed E-state index contributed by atoms with van der Waals surface area (Å²) in [6.07, 6.45) is 8.05. The molecule has 1 heterocycles. The van der Waals surface area contributed by atoms with Crippen molar-refractivity contribution in [2.24, 2.45) is 5.92 Å². The van der Waals surface area contributed by atoms with Crippen LogP contribution in [0.3, 0.4) is 0 Å². The highest BCUT2D eigenvalue weighted by molar-refractivity contribution is 5.79. The van der Waals surface area contributed by atoms with E-state index in [1.807, 2.05) is 12.1 Å². The number of hydrogen-bond donors (Lipinski definition) is 2. The number of halogens is 1. The summed E-state index contributed by atoms with van der Waals surface area (Å²) in [4.78, 5) is 26.9. The van der Waals surface area contributed by atoms with Gasteiger partial charge in [-0.1, -0.05) is 38.3 Å². The Morgan fingerprint density at radius 3 is 2.40 bits per heavy atom. The number of unbranched alkanes of at least 4 members (excludes halogenated alkanes) is 1. The minimum absolute atomic E-state index is 0.0363. The van der Waals surface area contributed by atoms with Gasteiger partial charge in [0, 0.05) is 24.4 Å². The van der Waals surface area contributed by atoms with Crippen molar-refractivity contribution in [2.45, 2.75) is 63.7 Å². The molecule has 3 rings (SSSR count). The van der Waals surface area contributed by atoms with Crippen molar-refractivity contribution >= 4 is 11.8 Å². The second kappa shape index (κ2) is 10.9. The Labute approximate surface area is 179 Å². The van der Waals surface area contributed by atoms with E-state index in [1.54, 1.807) is 0 Å². The number of nitrogens with zero attached hydrogens (tertiary/aromatic N) is 1. The zero-order chi connectivity index (χ0) is 21.4.